The Hall–Kier alpha value is -3.04. The minimum atomic E-state index is 0.00852. The molecule has 0 aromatic heterocycles. The Morgan fingerprint density at radius 3 is 2.74 bits per heavy atom. The molecule has 0 N–H and O–H groups in total. The summed E-state index contributed by atoms with van der Waals surface area (Å²) in [4.78, 5) is 16.7. The van der Waals surface area contributed by atoms with Gasteiger partial charge in [0.1, 0.15) is 6.07 Å². The Bertz CT molecular complexity index is 935. The number of benzene rings is 2. The van der Waals surface area contributed by atoms with Gasteiger partial charge in [-0.1, -0.05) is 12.1 Å². The lowest BCUT2D eigenvalue weighted by Gasteiger charge is -2.39. The summed E-state index contributed by atoms with van der Waals surface area (Å²) in [6.45, 7) is 5.95. The van der Waals surface area contributed by atoms with Gasteiger partial charge < -0.3 is 14.4 Å². The van der Waals surface area contributed by atoms with Gasteiger partial charge in [-0.15, -0.1) is 0 Å². The summed E-state index contributed by atoms with van der Waals surface area (Å²) in [5.74, 6) is 1.55. The smallest absolute Gasteiger partial charge is 0.241 e. The number of aryl methyl sites for hydroxylation is 1. The topological polar surface area (TPSA) is 65.8 Å². The number of fused-ring (bicyclic) bond motifs is 1. The van der Waals surface area contributed by atoms with Crippen molar-refractivity contribution >= 4 is 11.6 Å². The lowest BCUT2D eigenvalue weighted by molar-refractivity contribution is -0.122. The molecule has 1 atom stereocenters. The van der Waals surface area contributed by atoms with Gasteiger partial charge in [-0.2, -0.15) is 5.26 Å². The van der Waals surface area contributed by atoms with E-state index in [0.717, 1.165) is 22.6 Å². The number of ether oxygens (including phenoxy) is 2. The fourth-order valence-corrected chi connectivity index (χ4v) is 3.62. The lowest BCUT2D eigenvalue weighted by Crippen LogP contribution is -2.55. The number of para-hydroxylation sites is 1. The second-order valence-electron chi connectivity index (χ2n) is 7.02. The summed E-state index contributed by atoms with van der Waals surface area (Å²) in [6.07, 6.45) is 0. The maximum atomic E-state index is 12.8. The molecule has 6 nitrogen and oxygen atoms in total. The number of nitriles is 1. The number of anilines is 1. The van der Waals surface area contributed by atoms with Crippen molar-refractivity contribution in [1.29, 1.82) is 5.26 Å². The molecule has 2 aliphatic heterocycles. The second-order valence-corrected chi connectivity index (χ2v) is 7.02. The van der Waals surface area contributed by atoms with Crippen molar-refractivity contribution in [3.05, 3.63) is 53.1 Å². The highest BCUT2D eigenvalue weighted by atomic mass is 16.7. The Balaban J connectivity index is 1.53. The fraction of sp³-hybridized carbons (Fsp3) is 0.333. The van der Waals surface area contributed by atoms with Gasteiger partial charge in [0.25, 0.3) is 0 Å². The van der Waals surface area contributed by atoms with E-state index >= 15 is 0 Å². The molecule has 4 rings (SSSR count). The molecule has 2 aliphatic rings. The van der Waals surface area contributed by atoms with Crippen LogP contribution in [0.15, 0.2) is 36.4 Å². The monoisotopic (exact) mass is 363 g/mol. The first kappa shape index (κ1) is 17.4. The number of hydrogen-bond acceptors (Lipinski definition) is 5. The molecule has 138 valence electrons. The molecular weight excluding hydrogens is 342 g/mol. The van der Waals surface area contributed by atoms with E-state index in [1.54, 1.807) is 11.0 Å². The molecule has 2 aromatic rings. The van der Waals surface area contributed by atoms with E-state index in [1.165, 1.54) is 0 Å². The molecular formula is C21H21N3O3. The zero-order valence-electron chi connectivity index (χ0n) is 15.4. The van der Waals surface area contributed by atoms with Gasteiger partial charge in [0.2, 0.25) is 12.7 Å². The number of amides is 1. The number of piperazine rings is 1. The Morgan fingerprint density at radius 1 is 1.22 bits per heavy atom. The van der Waals surface area contributed by atoms with Crippen LogP contribution in [0.3, 0.4) is 0 Å². The third kappa shape index (κ3) is 3.22. The van der Waals surface area contributed by atoms with Crippen LogP contribution in [0, 0.1) is 18.3 Å². The minimum Gasteiger partial charge on any atom is -0.454 e. The molecule has 0 saturated carbocycles. The first-order chi connectivity index (χ1) is 13.1. The quantitative estimate of drug-likeness (QED) is 0.839. The maximum absolute atomic E-state index is 12.8. The fourth-order valence-electron chi connectivity index (χ4n) is 3.62. The van der Waals surface area contributed by atoms with E-state index < -0.39 is 0 Å². The summed E-state index contributed by atoms with van der Waals surface area (Å²) in [6, 6.07) is 13.6. The van der Waals surface area contributed by atoms with E-state index in [1.807, 2.05) is 37.3 Å². The molecule has 0 spiro atoms. The molecule has 2 heterocycles. The molecule has 0 aliphatic carbocycles. The molecule has 27 heavy (non-hydrogen) atoms. The van der Waals surface area contributed by atoms with E-state index in [0.29, 0.717) is 30.9 Å². The van der Waals surface area contributed by atoms with Gasteiger partial charge >= 0.3 is 0 Å². The van der Waals surface area contributed by atoms with Crippen LogP contribution < -0.4 is 14.4 Å². The average molecular weight is 363 g/mol. The number of hydrogen-bond donors (Lipinski definition) is 0. The summed E-state index contributed by atoms with van der Waals surface area (Å²) in [7, 11) is 0. The highest BCUT2D eigenvalue weighted by molar-refractivity contribution is 5.96. The normalized spacial score (nSPS) is 19.2. The van der Waals surface area contributed by atoms with Crippen molar-refractivity contribution in [3.63, 3.8) is 0 Å². The first-order valence-electron chi connectivity index (χ1n) is 8.99. The van der Waals surface area contributed by atoms with E-state index in [2.05, 4.69) is 17.9 Å². The lowest BCUT2D eigenvalue weighted by atomic mass is 10.0. The van der Waals surface area contributed by atoms with E-state index in [9.17, 15) is 10.1 Å². The first-order valence-corrected chi connectivity index (χ1v) is 8.99. The molecule has 0 radical (unpaired) electrons. The highest BCUT2D eigenvalue weighted by Gasteiger charge is 2.32. The van der Waals surface area contributed by atoms with Crippen LogP contribution in [-0.4, -0.2) is 36.7 Å². The second kappa shape index (κ2) is 6.93. The van der Waals surface area contributed by atoms with Crippen LogP contribution in [-0.2, 0) is 11.3 Å². The van der Waals surface area contributed by atoms with Crippen molar-refractivity contribution in [3.8, 4) is 17.6 Å². The third-order valence-electron chi connectivity index (χ3n) is 5.23. The van der Waals surface area contributed by atoms with Crippen molar-refractivity contribution in [2.45, 2.75) is 26.4 Å². The molecule has 2 aromatic carbocycles. The van der Waals surface area contributed by atoms with Crippen LogP contribution in [0.4, 0.5) is 5.69 Å². The number of carbonyl (C=O) groups is 1. The average Bonchev–Trinajstić information content (AvgIpc) is 3.11. The largest absolute Gasteiger partial charge is 0.454 e. The van der Waals surface area contributed by atoms with Crippen LogP contribution >= 0.6 is 0 Å². The molecule has 1 amide bonds. The maximum Gasteiger partial charge on any atom is 0.241 e. The van der Waals surface area contributed by atoms with Gasteiger partial charge in [0.15, 0.2) is 11.5 Å². The molecule has 1 unspecified atom stereocenters. The molecule has 0 bridgehead atoms. The van der Waals surface area contributed by atoms with Crippen molar-refractivity contribution in [2.75, 3.05) is 24.8 Å². The SMILES string of the molecule is Cc1cc2c(cc1CN1CC(=O)N(c3ccccc3C#N)CC1C)OCO2. The zero-order valence-corrected chi connectivity index (χ0v) is 15.4. The minimum absolute atomic E-state index is 0.00852. The van der Waals surface area contributed by atoms with Crippen molar-refractivity contribution in [1.82, 2.24) is 4.90 Å². The molecule has 1 fully saturated rings. The summed E-state index contributed by atoms with van der Waals surface area (Å²) < 4.78 is 10.9. The van der Waals surface area contributed by atoms with E-state index in [-0.39, 0.29) is 18.7 Å². The van der Waals surface area contributed by atoms with E-state index in [4.69, 9.17) is 9.47 Å². The summed E-state index contributed by atoms with van der Waals surface area (Å²) >= 11 is 0. The summed E-state index contributed by atoms with van der Waals surface area (Å²) in [5.41, 5.74) is 3.47. The van der Waals surface area contributed by atoms with Gasteiger partial charge in [0, 0.05) is 19.1 Å². The van der Waals surface area contributed by atoms with Crippen molar-refractivity contribution in [2.24, 2.45) is 0 Å². The zero-order chi connectivity index (χ0) is 19.0. The van der Waals surface area contributed by atoms with Gasteiger partial charge in [-0.25, -0.2) is 0 Å². The van der Waals surface area contributed by atoms with Gasteiger partial charge in [0.05, 0.1) is 17.8 Å². The van der Waals surface area contributed by atoms with Crippen LogP contribution in [0.5, 0.6) is 11.5 Å². The van der Waals surface area contributed by atoms with Crippen LogP contribution in [0.25, 0.3) is 0 Å². The van der Waals surface area contributed by atoms with Crippen LogP contribution in [0.2, 0.25) is 0 Å². The number of rotatable bonds is 3. The van der Waals surface area contributed by atoms with Gasteiger partial charge in [-0.3, -0.25) is 9.69 Å². The third-order valence-corrected chi connectivity index (χ3v) is 5.23. The Kier molecular flexibility index (Phi) is 4.46. The predicted molar refractivity (Wildman–Crippen MR) is 101 cm³/mol. The Labute approximate surface area is 158 Å². The highest BCUT2D eigenvalue weighted by Crippen LogP contribution is 2.35. The summed E-state index contributed by atoms with van der Waals surface area (Å²) in [5, 5.41) is 9.34. The number of carbonyl (C=O) groups excluding carboxylic acids is 1. The van der Waals surface area contributed by atoms with Gasteiger partial charge in [-0.05, 0) is 49.2 Å². The Morgan fingerprint density at radius 2 is 1.96 bits per heavy atom. The molecule has 1 saturated heterocycles. The van der Waals surface area contributed by atoms with Crippen molar-refractivity contribution < 1.29 is 14.3 Å². The predicted octanol–water partition coefficient (Wildman–Crippen LogP) is 2.83. The molecule has 6 heteroatoms. The standard InChI is InChI=1S/C21H21N3O3/c1-14-7-19-20(27-13-26-19)8-17(14)11-23-12-21(25)24(10-15(23)2)18-6-4-3-5-16(18)9-22/h3-8,15H,10-13H2,1-2H3. The number of nitrogens with zero attached hydrogens (tertiary/aromatic N) is 3. The van der Waals surface area contributed by atoms with Crippen LogP contribution in [0.1, 0.15) is 23.6 Å².